The van der Waals surface area contributed by atoms with Crippen molar-refractivity contribution in [3.05, 3.63) is 46.1 Å². The van der Waals surface area contributed by atoms with Gasteiger partial charge in [-0.2, -0.15) is 5.26 Å². The molecule has 0 unspecified atom stereocenters. The van der Waals surface area contributed by atoms with Crippen LogP contribution in [-0.4, -0.2) is 36.4 Å². The van der Waals surface area contributed by atoms with Crippen LogP contribution < -0.4 is 10.6 Å². The van der Waals surface area contributed by atoms with E-state index in [1.54, 1.807) is 17.5 Å². The Morgan fingerprint density at radius 1 is 1.26 bits per heavy atom. The number of aryl methyl sites for hydroxylation is 2. The summed E-state index contributed by atoms with van der Waals surface area (Å²) in [6.07, 6.45) is 1.73. The van der Waals surface area contributed by atoms with Gasteiger partial charge < -0.3 is 15.1 Å². The first-order valence-electron chi connectivity index (χ1n) is 11.8. The topological polar surface area (TPSA) is 95.8 Å². The third kappa shape index (κ3) is 4.96. The van der Waals surface area contributed by atoms with Crippen molar-refractivity contribution in [1.29, 1.82) is 5.26 Å². The summed E-state index contributed by atoms with van der Waals surface area (Å²) in [6, 6.07) is 8.29. The number of aromatic nitrogens is 3. The van der Waals surface area contributed by atoms with E-state index >= 15 is 0 Å². The van der Waals surface area contributed by atoms with E-state index in [4.69, 9.17) is 9.41 Å². The SMILES string of the molecule is Cc1nc(Nc2nccc(-c3cc(C#N)c4c(c3)[C@@](C)(CO[Si](C)(C)C(C)(C)C)CN4)n2)sc1C. The average molecular weight is 507 g/mol. The predicted octanol–water partition coefficient (Wildman–Crippen LogP) is 6.54. The first kappa shape index (κ1) is 25.3. The maximum absolute atomic E-state index is 9.92. The lowest BCUT2D eigenvalue weighted by Gasteiger charge is -2.39. The maximum Gasteiger partial charge on any atom is 0.229 e. The van der Waals surface area contributed by atoms with E-state index in [1.807, 2.05) is 26.0 Å². The third-order valence-electron chi connectivity index (χ3n) is 7.32. The molecule has 1 aliphatic heterocycles. The van der Waals surface area contributed by atoms with Crippen molar-refractivity contribution in [2.45, 2.75) is 65.1 Å². The van der Waals surface area contributed by atoms with E-state index in [2.05, 4.69) is 73.5 Å². The minimum absolute atomic E-state index is 0.136. The lowest BCUT2D eigenvalue weighted by molar-refractivity contribution is 0.220. The van der Waals surface area contributed by atoms with Crippen LogP contribution in [0.5, 0.6) is 0 Å². The molecule has 0 spiro atoms. The molecule has 0 bridgehead atoms. The molecular weight excluding hydrogens is 472 g/mol. The second-order valence-corrected chi connectivity index (χ2v) is 17.1. The fourth-order valence-corrected chi connectivity index (χ4v) is 5.73. The Morgan fingerprint density at radius 2 is 2.00 bits per heavy atom. The molecule has 0 saturated carbocycles. The third-order valence-corrected chi connectivity index (χ3v) is 12.8. The summed E-state index contributed by atoms with van der Waals surface area (Å²) in [5.74, 6) is 0.484. The molecule has 2 aromatic heterocycles. The van der Waals surface area contributed by atoms with Gasteiger partial charge in [0.2, 0.25) is 5.95 Å². The molecule has 2 N–H and O–H groups in total. The number of hydrogen-bond donors (Lipinski definition) is 2. The first-order valence-corrected chi connectivity index (χ1v) is 15.6. The molecule has 1 aromatic carbocycles. The van der Waals surface area contributed by atoms with E-state index in [0.29, 0.717) is 18.1 Å². The van der Waals surface area contributed by atoms with E-state index in [1.165, 1.54) is 0 Å². The zero-order chi connectivity index (χ0) is 25.6. The highest BCUT2D eigenvalue weighted by Crippen LogP contribution is 2.44. The molecule has 1 atom stereocenters. The van der Waals surface area contributed by atoms with Crippen LogP contribution in [0.3, 0.4) is 0 Å². The van der Waals surface area contributed by atoms with Crippen molar-refractivity contribution in [3.63, 3.8) is 0 Å². The van der Waals surface area contributed by atoms with Gasteiger partial charge in [-0.25, -0.2) is 15.0 Å². The van der Waals surface area contributed by atoms with E-state index in [0.717, 1.165) is 44.8 Å². The van der Waals surface area contributed by atoms with Crippen LogP contribution in [0.25, 0.3) is 11.3 Å². The van der Waals surface area contributed by atoms with Crippen molar-refractivity contribution in [1.82, 2.24) is 15.0 Å². The summed E-state index contributed by atoms with van der Waals surface area (Å²) in [5, 5.41) is 17.5. The first-order chi connectivity index (χ1) is 16.3. The zero-order valence-electron chi connectivity index (χ0n) is 21.8. The number of nitriles is 1. The van der Waals surface area contributed by atoms with Gasteiger partial charge in [-0.3, -0.25) is 0 Å². The van der Waals surface area contributed by atoms with Gasteiger partial charge in [0, 0.05) is 35.2 Å². The Balaban J connectivity index is 1.67. The number of fused-ring (bicyclic) bond motifs is 1. The normalized spacial score (nSPS) is 17.6. The highest BCUT2D eigenvalue weighted by Gasteiger charge is 2.42. The van der Waals surface area contributed by atoms with Crippen LogP contribution in [0.2, 0.25) is 18.1 Å². The molecule has 0 fully saturated rings. The van der Waals surface area contributed by atoms with Crippen LogP contribution >= 0.6 is 11.3 Å². The second kappa shape index (κ2) is 9.01. The smallest absolute Gasteiger partial charge is 0.229 e. The summed E-state index contributed by atoms with van der Waals surface area (Å²) in [4.78, 5) is 14.8. The van der Waals surface area contributed by atoms with Gasteiger partial charge in [-0.1, -0.05) is 27.7 Å². The lowest BCUT2D eigenvalue weighted by Crippen LogP contribution is -2.45. The second-order valence-electron chi connectivity index (χ2n) is 11.1. The van der Waals surface area contributed by atoms with Crippen molar-refractivity contribution in [2.24, 2.45) is 0 Å². The lowest BCUT2D eigenvalue weighted by atomic mass is 9.83. The molecule has 35 heavy (non-hydrogen) atoms. The molecule has 3 aromatic rings. The number of thiazole rings is 1. The number of nitrogens with zero attached hydrogens (tertiary/aromatic N) is 4. The van der Waals surface area contributed by atoms with Crippen LogP contribution in [0.15, 0.2) is 24.4 Å². The summed E-state index contributed by atoms with van der Waals surface area (Å²) in [6.45, 7) is 18.9. The summed E-state index contributed by atoms with van der Waals surface area (Å²) >= 11 is 1.58. The van der Waals surface area contributed by atoms with Gasteiger partial charge in [0.1, 0.15) is 6.07 Å². The summed E-state index contributed by atoms with van der Waals surface area (Å²) in [7, 11) is -1.91. The highest BCUT2D eigenvalue weighted by molar-refractivity contribution is 7.15. The number of anilines is 3. The molecule has 184 valence electrons. The minimum atomic E-state index is -1.91. The predicted molar refractivity (Wildman–Crippen MR) is 146 cm³/mol. The molecular formula is C26H34N6OSSi. The van der Waals surface area contributed by atoms with Gasteiger partial charge in [0.05, 0.1) is 22.6 Å². The number of benzene rings is 1. The zero-order valence-corrected chi connectivity index (χ0v) is 23.6. The average Bonchev–Trinajstić information content (AvgIpc) is 3.30. The molecule has 4 rings (SSSR count). The van der Waals surface area contributed by atoms with Gasteiger partial charge in [-0.15, -0.1) is 11.3 Å². The van der Waals surface area contributed by atoms with Crippen molar-refractivity contribution in [3.8, 4) is 17.3 Å². The molecule has 0 saturated heterocycles. The minimum Gasteiger partial charge on any atom is -0.416 e. The molecule has 9 heteroatoms. The Bertz CT molecular complexity index is 1290. The Morgan fingerprint density at radius 3 is 2.63 bits per heavy atom. The number of nitrogens with one attached hydrogen (secondary N) is 2. The van der Waals surface area contributed by atoms with Gasteiger partial charge in [0.25, 0.3) is 0 Å². The fraction of sp³-hybridized carbons (Fsp3) is 0.462. The van der Waals surface area contributed by atoms with E-state index < -0.39 is 8.32 Å². The number of rotatable bonds is 6. The molecule has 1 aliphatic rings. The quantitative estimate of drug-likeness (QED) is 0.367. The van der Waals surface area contributed by atoms with Crippen LogP contribution in [-0.2, 0) is 9.84 Å². The molecule has 0 aliphatic carbocycles. The molecule has 3 heterocycles. The van der Waals surface area contributed by atoms with Crippen LogP contribution in [0, 0.1) is 25.2 Å². The van der Waals surface area contributed by atoms with Crippen molar-refractivity contribution < 1.29 is 4.43 Å². The van der Waals surface area contributed by atoms with Gasteiger partial charge >= 0.3 is 0 Å². The number of hydrogen-bond acceptors (Lipinski definition) is 8. The summed E-state index contributed by atoms with van der Waals surface area (Å²) < 4.78 is 6.63. The van der Waals surface area contributed by atoms with Gasteiger partial charge in [0.15, 0.2) is 13.4 Å². The highest BCUT2D eigenvalue weighted by atomic mass is 32.1. The largest absolute Gasteiger partial charge is 0.416 e. The van der Waals surface area contributed by atoms with Crippen molar-refractivity contribution >= 4 is 36.4 Å². The molecule has 7 nitrogen and oxygen atoms in total. The van der Waals surface area contributed by atoms with Crippen molar-refractivity contribution in [2.75, 3.05) is 23.8 Å². The Labute approximate surface area is 213 Å². The fourth-order valence-electron chi connectivity index (χ4n) is 3.81. The van der Waals surface area contributed by atoms with E-state index in [9.17, 15) is 5.26 Å². The maximum atomic E-state index is 9.92. The van der Waals surface area contributed by atoms with Gasteiger partial charge in [-0.05, 0) is 55.7 Å². The van der Waals surface area contributed by atoms with Crippen LogP contribution in [0.1, 0.15) is 49.4 Å². The van der Waals surface area contributed by atoms with Crippen LogP contribution in [0.4, 0.5) is 16.8 Å². The standard InChI is InChI=1S/C26H34N6OSSi/c1-16-17(2)34-24(30-16)32-23-28-10-9-21(31-23)18-11-19(13-27)22-20(12-18)26(6,14-29-22)15-33-35(7,8)25(3,4)5/h9-12,29H,14-15H2,1-8H3,(H,28,30,31,32)/t26-/m1/s1. The Kier molecular flexibility index (Phi) is 6.51. The molecule has 0 radical (unpaired) electrons. The molecule has 0 amide bonds. The monoisotopic (exact) mass is 506 g/mol. The van der Waals surface area contributed by atoms with E-state index in [-0.39, 0.29) is 10.5 Å². The Hall–Kier alpha value is -2.80. The summed E-state index contributed by atoms with van der Waals surface area (Å²) in [5.41, 5.74) is 5.02.